The number of thioether (sulfide) groups is 1. The van der Waals surface area contributed by atoms with Crippen LogP contribution in [0.3, 0.4) is 0 Å². The maximum atomic E-state index is 3.46. The van der Waals surface area contributed by atoms with E-state index in [0.717, 1.165) is 6.54 Å². The Labute approximate surface area is 97.7 Å². The molecule has 0 saturated carbocycles. The van der Waals surface area contributed by atoms with Crippen LogP contribution in [0.15, 0.2) is 18.2 Å². The standard InChI is InChI=1S/C13H21NS/c1-4-15-9-5-8-14-13-7-6-11(2)12(3)10-13/h6-7,10,14H,4-5,8-9H2,1-3H3. The third-order valence-corrected chi connectivity index (χ3v) is 3.49. The monoisotopic (exact) mass is 223 g/mol. The molecule has 0 unspecified atom stereocenters. The second-order valence-electron chi connectivity index (χ2n) is 3.78. The number of nitrogens with one attached hydrogen (secondary N) is 1. The van der Waals surface area contributed by atoms with Crippen LogP contribution < -0.4 is 5.32 Å². The van der Waals surface area contributed by atoms with Gasteiger partial charge in [0.2, 0.25) is 0 Å². The van der Waals surface area contributed by atoms with Gasteiger partial charge in [0.1, 0.15) is 0 Å². The molecule has 15 heavy (non-hydrogen) atoms. The molecule has 1 nitrogen and oxygen atoms in total. The molecule has 0 radical (unpaired) electrons. The van der Waals surface area contributed by atoms with Gasteiger partial charge < -0.3 is 5.32 Å². The summed E-state index contributed by atoms with van der Waals surface area (Å²) in [6.07, 6.45) is 1.24. The number of anilines is 1. The van der Waals surface area contributed by atoms with Crippen LogP contribution in [0.5, 0.6) is 0 Å². The van der Waals surface area contributed by atoms with Crippen LogP contribution in [0.25, 0.3) is 0 Å². The molecule has 1 rings (SSSR count). The van der Waals surface area contributed by atoms with Crippen molar-refractivity contribution in [2.45, 2.75) is 27.2 Å². The van der Waals surface area contributed by atoms with Gasteiger partial charge in [0.25, 0.3) is 0 Å². The van der Waals surface area contributed by atoms with Crippen molar-refractivity contribution in [2.24, 2.45) is 0 Å². The number of hydrogen-bond donors (Lipinski definition) is 1. The summed E-state index contributed by atoms with van der Waals surface area (Å²) in [5.41, 5.74) is 3.98. The molecule has 0 atom stereocenters. The first-order chi connectivity index (χ1) is 7.24. The molecule has 0 saturated heterocycles. The van der Waals surface area contributed by atoms with Gasteiger partial charge in [0.15, 0.2) is 0 Å². The van der Waals surface area contributed by atoms with Crippen LogP contribution in [-0.2, 0) is 0 Å². The van der Waals surface area contributed by atoms with Crippen LogP contribution in [0.4, 0.5) is 5.69 Å². The SMILES string of the molecule is CCSCCCNc1ccc(C)c(C)c1. The van der Waals surface area contributed by atoms with E-state index in [1.165, 1.54) is 34.7 Å². The predicted molar refractivity (Wildman–Crippen MR) is 72.0 cm³/mol. The molecular weight excluding hydrogens is 202 g/mol. The maximum Gasteiger partial charge on any atom is 0.0343 e. The van der Waals surface area contributed by atoms with E-state index in [9.17, 15) is 0 Å². The molecule has 0 heterocycles. The zero-order chi connectivity index (χ0) is 11.1. The lowest BCUT2D eigenvalue weighted by Crippen LogP contribution is -2.03. The average molecular weight is 223 g/mol. The topological polar surface area (TPSA) is 12.0 Å². The average Bonchev–Trinajstić information content (AvgIpc) is 2.23. The van der Waals surface area contributed by atoms with E-state index in [0.29, 0.717) is 0 Å². The number of hydrogen-bond acceptors (Lipinski definition) is 2. The van der Waals surface area contributed by atoms with Gasteiger partial charge in [-0.25, -0.2) is 0 Å². The molecule has 0 aliphatic rings. The zero-order valence-corrected chi connectivity index (χ0v) is 10.8. The van der Waals surface area contributed by atoms with E-state index < -0.39 is 0 Å². The van der Waals surface area contributed by atoms with Crippen LogP contribution in [0.1, 0.15) is 24.5 Å². The van der Waals surface area contributed by atoms with E-state index in [4.69, 9.17) is 0 Å². The fraction of sp³-hybridized carbons (Fsp3) is 0.538. The quantitative estimate of drug-likeness (QED) is 0.735. The van der Waals surface area contributed by atoms with Crippen molar-refractivity contribution in [3.63, 3.8) is 0 Å². The lowest BCUT2D eigenvalue weighted by atomic mass is 10.1. The van der Waals surface area contributed by atoms with Crippen molar-refractivity contribution in [1.29, 1.82) is 0 Å². The molecular formula is C13H21NS. The number of benzene rings is 1. The fourth-order valence-corrected chi connectivity index (χ4v) is 2.04. The zero-order valence-electron chi connectivity index (χ0n) is 9.97. The number of aryl methyl sites for hydroxylation is 2. The Hall–Kier alpha value is -0.630. The minimum atomic E-state index is 1.08. The molecule has 1 aromatic rings. The highest BCUT2D eigenvalue weighted by Crippen LogP contribution is 2.14. The summed E-state index contributed by atoms with van der Waals surface area (Å²) in [6, 6.07) is 6.57. The molecule has 0 aliphatic carbocycles. The van der Waals surface area contributed by atoms with E-state index in [-0.39, 0.29) is 0 Å². The van der Waals surface area contributed by atoms with Crippen molar-refractivity contribution >= 4 is 17.4 Å². The Kier molecular flexibility index (Phi) is 5.62. The summed E-state index contributed by atoms with van der Waals surface area (Å²) in [5, 5.41) is 3.46. The van der Waals surface area contributed by atoms with Gasteiger partial charge in [-0.3, -0.25) is 0 Å². The van der Waals surface area contributed by atoms with Gasteiger partial charge in [-0.2, -0.15) is 11.8 Å². The molecule has 2 heteroatoms. The smallest absolute Gasteiger partial charge is 0.0343 e. The number of rotatable bonds is 6. The highest BCUT2D eigenvalue weighted by Gasteiger charge is 1.95. The van der Waals surface area contributed by atoms with Gasteiger partial charge in [-0.1, -0.05) is 13.0 Å². The summed E-state index contributed by atoms with van der Waals surface area (Å²) in [7, 11) is 0. The summed E-state index contributed by atoms with van der Waals surface area (Å²) in [5.74, 6) is 2.48. The largest absolute Gasteiger partial charge is 0.385 e. The Morgan fingerprint density at radius 2 is 2.00 bits per heavy atom. The van der Waals surface area contributed by atoms with Gasteiger partial charge in [0, 0.05) is 12.2 Å². The van der Waals surface area contributed by atoms with E-state index in [1.807, 2.05) is 11.8 Å². The highest BCUT2D eigenvalue weighted by molar-refractivity contribution is 7.99. The molecule has 0 spiro atoms. The third-order valence-electron chi connectivity index (χ3n) is 2.51. The second-order valence-corrected chi connectivity index (χ2v) is 5.17. The van der Waals surface area contributed by atoms with Gasteiger partial charge >= 0.3 is 0 Å². The Morgan fingerprint density at radius 1 is 1.20 bits per heavy atom. The van der Waals surface area contributed by atoms with Gasteiger partial charge in [0.05, 0.1) is 0 Å². The van der Waals surface area contributed by atoms with Crippen LogP contribution in [0, 0.1) is 13.8 Å². The van der Waals surface area contributed by atoms with Crippen LogP contribution in [-0.4, -0.2) is 18.1 Å². The molecule has 1 N–H and O–H groups in total. The third kappa shape index (κ3) is 4.61. The van der Waals surface area contributed by atoms with Gasteiger partial charge in [-0.15, -0.1) is 0 Å². The summed E-state index contributed by atoms with van der Waals surface area (Å²) in [6.45, 7) is 7.60. The second kappa shape index (κ2) is 6.78. The van der Waals surface area contributed by atoms with E-state index in [1.54, 1.807) is 0 Å². The Morgan fingerprint density at radius 3 is 2.67 bits per heavy atom. The Balaban J connectivity index is 2.28. The summed E-state index contributed by atoms with van der Waals surface area (Å²) in [4.78, 5) is 0. The lowest BCUT2D eigenvalue weighted by molar-refractivity contribution is 0.991. The maximum absolute atomic E-state index is 3.46. The van der Waals surface area contributed by atoms with Crippen LogP contribution in [0.2, 0.25) is 0 Å². The fourth-order valence-electron chi connectivity index (χ4n) is 1.40. The van der Waals surface area contributed by atoms with Crippen molar-refractivity contribution in [3.8, 4) is 0 Å². The molecule has 0 fully saturated rings. The normalized spacial score (nSPS) is 10.3. The molecule has 0 amide bonds. The van der Waals surface area contributed by atoms with Crippen LogP contribution >= 0.6 is 11.8 Å². The highest BCUT2D eigenvalue weighted by atomic mass is 32.2. The van der Waals surface area contributed by atoms with E-state index in [2.05, 4.69) is 44.3 Å². The van der Waals surface area contributed by atoms with Gasteiger partial charge in [-0.05, 0) is 55.0 Å². The first-order valence-electron chi connectivity index (χ1n) is 5.63. The minimum Gasteiger partial charge on any atom is -0.385 e. The minimum absolute atomic E-state index is 1.08. The Bertz CT molecular complexity index is 297. The molecule has 0 aromatic heterocycles. The molecule has 84 valence electrons. The van der Waals surface area contributed by atoms with Crippen molar-refractivity contribution < 1.29 is 0 Å². The molecule has 0 aliphatic heterocycles. The summed E-state index contributed by atoms with van der Waals surface area (Å²) >= 11 is 2.01. The molecule has 0 bridgehead atoms. The first-order valence-corrected chi connectivity index (χ1v) is 6.78. The summed E-state index contributed by atoms with van der Waals surface area (Å²) < 4.78 is 0. The molecule has 1 aromatic carbocycles. The van der Waals surface area contributed by atoms with Crippen molar-refractivity contribution in [1.82, 2.24) is 0 Å². The predicted octanol–water partition coefficient (Wildman–Crippen LogP) is 3.86. The van der Waals surface area contributed by atoms with Crippen molar-refractivity contribution in [3.05, 3.63) is 29.3 Å². The van der Waals surface area contributed by atoms with E-state index >= 15 is 0 Å². The van der Waals surface area contributed by atoms with Crippen molar-refractivity contribution in [2.75, 3.05) is 23.4 Å². The first kappa shape index (κ1) is 12.4. The lowest BCUT2D eigenvalue weighted by Gasteiger charge is -2.08.